The summed E-state index contributed by atoms with van der Waals surface area (Å²) >= 11 is 0. The molecule has 1 aliphatic carbocycles. The molecule has 5 rings (SSSR count). The first-order chi connectivity index (χ1) is 18.9. The maximum Gasteiger partial charge on any atom is 0.275 e. The quantitative estimate of drug-likeness (QED) is 0.489. The third-order valence-electron chi connectivity index (χ3n) is 8.22. The van der Waals surface area contributed by atoms with E-state index in [0.717, 1.165) is 37.9 Å². The van der Waals surface area contributed by atoms with Crippen molar-refractivity contribution >= 4 is 11.8 Å². The summed E-state index contributed by atoms with van der Waals surface area (Å²) in [6.07, 6.45) is 5.54. The molecule has 1 saturated heterocycles. The van der Waals surface area contributed by atoms with Crippen molar-refractivity contribution in [2.24, 2.45) is 0 Å². The molecule has 1 aromatic heterocycles. The smallest absolute Gasteiger partial charge is 0.275 e. The van der Waals surface area contributed by atoms with Gasteiger partial charge >= 0.3 is 0 Å². The van der Waals surface area contributed by atoms with E-state index in [1.54, 1.807) is 20.4 Å². The van der Waals surface area contributed by atoms with Crippen LogP contribution in [0.4, 0.5) is 0 Å². The SMILES string of the molecule is CN(C)C(=O)CC1(O)CCCC[C@@H]1n1cnc(C(=O)N2CCNC[C@H]2Cc2ccccc2)c1-c1ccccc1. The standard InChI is InChI=1S/C31H39N5O3/c1-34(2)27(37)20-31(39)16-10-9-15-26(31)36-22-33-28(29(36)24-13-7-4-8-14-24)30(38)35-18-17-32-21-25(35)19-23-11-5-3-6-12-23/h3-8,11-14,22,25-26,32,39H,9-10,15-21H2,1-2H3/t25-,26+,31?/m1/s1. The van der Waals surface area contributed by atoms with E-state index < -0.39 is 5.60 Å². The van der Waals surface area contributed by atoms with Crippen LogP contribution in [0.15, 0.2) is 67.0 Å². The van der Waals surface area contributed by atoms with Crippen molar-refractivity contribution < 1.29 is 14.7 Å². The number of nitrogens with one attached hydrogen (secondary N) is 1. The van der Waals surface area contributed by atoms with Gasteiger partial charge in [0.2, 0.25) is 5.91 Å². The van der Waals surface area contributed by atoms with Gasteiger partial charge in [0.05, 0.1) is 30.1 Å². The van der Waals surface area contributed by atoms with Gasteiger partial charge in [-0.3, -0.25) is 9.59 Å². The Morgan fingerprint density at radius 2 is 1.79 bits per heavy atom. The molecule has 2 amide bonds. The lowest BCUT2D eigenvalue weighted by Gasteiger charge is -2.41. The van der Waals surface area contributed by atoms with E-state index in [2.05, 4.69) is 17.4 Å². The zero-order chi connectivity index (χ0) is 27.4. The van der Waals surface area contributed by atoms with Gasteiger partial charge in [-0.2, -0.15) is 0 Å². The fourth-order valence-electron chi connectivity index (χ4n) is 6.10. The fourth-order valence-corrected chi connectivity index (χ4v) is 6.10. The molecule has 2 fully saturated rings. The van der Waals surface area contributed by atoms with E-state index in [9.17, 15) is 14.7 Å². The summed E-state index contributed by atoms with van der Waals surface area (Å²) in [6.45, 7) is 2.05. The molecule has 206 valence electrons. The van der Waals surface area contributed by atoms with Crippen LogP contribution in [0.2, 0.25) is 0 Å². The highest BCUT2D eigenvalue weighted by molar-refractivity contribution is 5.98. The highest BCUT2D eigenvalue weighted by Gasteiger charge is 2.44. The first kappa shape index (κ1) is 27.1. The summed E-state index contributed by atoms with van der Waals surface area (Å²) in [6, 6.07) is 19.7. The Balaban J connectivity index is 1.53. The van der Waals surface area contributed by atoms with Gasteiger partial charge in [0.25, 0.3) is 5.91 Å². The van der Waals surface area contributed by atoms with E-state index in [1.165, 1.54) is 10.5 Å². The summed E-state index contributed by atoms with van der Waals surface area (Å²) < 4.78 is 1.97. The molecule has 8 heteroatoms. The Kier molecular flexibility index (Phi) is 8.14. The molecule has 2 aliphatic rings. The van der Waals surface area contributed by atoms with Crippen molar-refractivity contribution in [3.8, 4) is 11.3 Å². The molecule has 2 aromatic carbocycles. The van der Waals surface area contributed by atoms with Crippen molar-refractivity contribution in [3.63, 3.8) is 0 Å². The van der Waals surface area contributed by atoms with Crippen molar-refractivity contribution in [2.75, 3.05) is 33.7 Å². The number of benzene rings is 2. The zero-order valence-corrected chi connectivity index (χ0v) is 22.9. The lowest BCUT2D eigenvalue weighted by Crippen LogP contribution is -2.54. The molecular weight excluding hydrogens is 490 g/mol. The summed E-state index contributed by atoms with van der Waals surface area (Å²) in [5.74, 6) is -0.203. The average molecular weight is 530 g/mol. The second-order valence-corrected chi connectivity index (χ2v) is 11.1. The second-order valence-electron chi connectivity index (χ2n) is 11.1. The van der Waals surface area contributed by atoms with Crippen LogP contribution in [-0.2, 0) is 11.2 Å². The van der Waals surface area contributed by atoms with Crippen molar-refractivity contribution in [3.05, 3.63) is 78.2 Å². The number of carbonyl (C=O) groups is 2. The van der Waals surface area contributed by atoms with Crippen LogP contribution >= 0.6 is 0 Å². The first-order valence-electron chi connectivity index (χ1n) is 14.0. The Labute approximate surface area is 230 Å². The highest BCUT2D eigenvalue weighted by atomic mass is 16.3. The number of hydrogen-bond donors (Lipinski definition) is 2. The molecular formula is C31H39N5O3. The molecule has 1 saturated carbocycles. The van der Waals surface area contributed by atoms with Gasteiger partial charge in [-0.1, -0.05) is 73.5 Å². The predicted octanol–water partition coefficient (Wildman–Crippen LogP) is 3.53. The molecule has 2 N–H and O–H groups in total. The molecule has 3 atom stereocenters. The highest BCUT2D eigenvalue weighted by Crippen LogP contribution is 2.43. The predicted molar refractivity (Wildman–Crippen MR) is 151 cm³/mol. The summed E-state index contributed by atoms with van der Waals surface area (Å²) in [5.41, 5.74) is 1.96. The van der Waals surface area contributed by atoms with Gasteiger partial charge in [-0.05, 0) is 24.8 Å². The Hall–Kier alpha value is -3.49. The van der Waals surface area contributed by atoms with E-state index in [1.807, 2.05) is 58.0 Å². The minimum atomic E-state index is -1.21. The van der Waals surface area contributed by atoms with Crippen LogP contribution < -0.4 is 5.32 Å². The molecule has 0 bridgehead atoms. The lowest BCUT2D eigenvalue weighted by molar-refractivity contribution is -0.138. The normalized spacial score (nSPS) is 23.4. The van der Waals surface area contributed by atoms with Crippen LogP contribution in [0, 0.1) is 0 Å². The van der Waals surface area contributed by atoms with E-state index in [0.29, 0.717) is 30.8 Å². The van der Waals surface area contributed by atoms with E-state index >= 15 is 0 Å². The molecule has 2 heterocycles. The minimum Gasteiger partial charge on any atom is -0.387 e. The Morgan fingerprint density at radius 3 is 2.51 bits per heavy atom. The lowest BCUT2D eigenvalue weighted by atomic mass is 9.77. The molecule has 3 aromatic rings. The van der Waals surface area contributed by atoms with Gasteiger partial charge in [0.15, 0.2) is 5.69 Å². The zero-order valence-electron chi connectivity index (χ0n) is 22.9. The average Bonchev–Trinajstić information content (AvgIpc) is 3.39. The molecule has 0 radical (unpaired) electrons. The third kappa shape index (κ3) is 5.77. The van der Waals surface area contributed by atoms with Crippen LogP contribution in [0.1, 0.15) is 54.2 Å². The van der Waals surface area contributed by atoms with Gasteiger partial charge in [0.1, 0.15) is 0 Å². The van der Waals surface area contributed by atoms with Crippen molar-refractivity contribution in [1.29, 1.82) is 0 Å². The largest absolute Gasteiger partial charge is 0.387 e. The van der Waals surface area contributed by atoms with Crippen LogP contribution in [0.5, 0.6) is 0 Å². The molecule has 39 heavy (non-hydrogen) atoms. The number of amides is 2. The van der Waals surface area contributed by atoms with E-state index in [4.69, 9.17) is 4.98 Å². The number of piperazine rings is 1. The van der Waals surface area contributed by atoms with Crippen LogP contribution in [0.3, 0.4) is 0 Å². The number of aromatic nitrogens is 2. The Bertz CT molecular complexity index is 1280. The number of nitrogens with zero attached hydrogens (tertiary/aromatic N) is 4. The topological polar surface area (TPSA) is 90.7 Å². The van der Waals surface area contributed by atoms with Gasteiger partial charge in [-0.25, -0.2) is 4.98 Å². The minimum absolute atomic E-state index is 0.00625. The molecule has 1 aliphatic heterocycles. The second kappa shape index (κ2) is 11.7. The van der Waals surface area contributed by atoms with Crippen LogP contribution in [-0.4, -0.2) is 81.6 Å². The Morgan fingerprint density at radius 1 is 1.08 bits per heavy atom. The number of carbonyl (C=O) groups excluding carboxylic acids is 2. The number of imidazole rings is 1. The van der Waals surface area contributed by atoms with E-state index in [-0.39, 0.29) is 30.3 Å². The van der Waals surface area contributed by atoms with Gasteiger partial charge in [0, 0.05) is 45.3 Å². The van der Waals surface area contributed by atoms with Crippen LogP contribution in [0.25, 0.3) is 11.3 Å². The molecule has 0 spiro atoms. The first-order valence-corrected chi connectivity index (χ1v) is 14.0. The number of rotatable bonds is 7. The maximum atomic E-state index is 14.2. The van der Waals surface area contributed by atoms with Crippen molar-refractivity contribution in [1.82, 2.24) is 24.7 Å². The van der Waals surface area contributed by atoms with Gasteiger partial charge in [-0.15, -0.1) is 0 Å². The molecule has 1 unspecified atom stereocenters. The summed E-state index contributed by atoms with van der Waals surface area (Å²) in [7, 11) is 3.43. The monoisotopic (exact) mass is 529 g/mol. The van der Waals surface area contributed by atoms with Crippen molar-refractivity contribution in [2.45, 2.75) is 56.2 Å². The maximum absolute atomic E-state index is 14.2. The number of hydrogen-bond acceptors (Lipinski definition) is 5. The fraction of sp³-hybridized carbons (Fsp3) is 0.452. The third-order valence-corrected chi connectivity index (χ3v) is 8.22. The summed E-state index contributed by atoms with van der Waals surface area (Å²) in [5, 5.41) is 15.3. The molecule has 8 nitrogen and oxygen atoms in total. The van der Waals surface area contributed by atoms with Gasteiger partial charge < -0.3 is 24.8 Å². The number of aliphatic hydroxyl groups is 1. The summed E-state index contributed by atoms with van der Waals surface area (Å²) in [4.78, 5) is 35.1.